The lowest BCUT2D eigenvalue weighted by Gasteiger charge is -2.43. The molecule has 4 rings (SSSR count). The summed E-state index contributed by atoms with van der Waals surface area (Å²) in [7, 11) is 0. The SMILES string of the molecule is C#C.CC.C[C@H](/C=C/c1ccc(-c2cccc(F)c2)cn1)[C@]1(N)[C@@H](C)OC(=O)[C@]1(N)CC1CCCCC1. The number of ether oxygens (including phenoxy) is 1. The second kappa shape index (κ2) is 13.5. The van der Waals surface area contributed by atoms with Gasteiger partial charge in [0.1, 0.15) is 17.5 Å². The molecular formula is C31H42FN3O2. The van der Waals surface area contributed by atoms with E-state index in [-0.39, 0.29) is 17.7 Å². The van der Waals surface area contributed by atoms with Crippen LogP contribution in [0.1, 0.15) is 71.9 Å². The van der Waals surface area contributed by atoms with E-state index < -0.39 is 17.2 Å². The summed E-state index contributed by atoms with van der Waals surface area (Å²) >= 11 is 0. The minimum atomic E-state index is -1.22. The molecule has 4 N–H and O–H groups in total. The van der Waals surface area contributed by atoms with Crippen LogP contribution >= 0.6 is 0 Å². The third-order valence-electron chi connectivity index (χ3n) is 7.68. The second-order valence-electron chi connectivity index (χ2n) is 9.79. The zero-order chi connectivity index (χ0) is 27.6. The first kappa shape index (κ1) is 30.2. The normalized spacial score (nSPS) is 26.4. The van der Waals surface area contributed by atoms with E-state index >= 15 is 0 Å². The minimum Gasteiger partial charge on any atom is -0.459 e. The number of carbonyl (C=O) groups is 1. The molecule has 0 spiro atoms. The fraction of sp³-hybridized carbons (Fsp3) is 0.484. The number of hydrogen-bond acceptors (Lipinski definition) is 5. The van der Waals surface area contributed by atoms with Gasteiger partial charge >= 0.3 is 5.97 Å². The van der Waals surface area contributed by atoms with Gasteiger partial charge in [0, 0.05) is 11.8 Å². The maximum absolute atomic E-state index is 13.5. The van der Waals surface area contributed by atoms with E-state index in [0.717, 1.165) is 29.7 Å². The molecule has 2 aliphatic rings. The van der Waals surface area contributed by atoms with Gasteiger partial charge in [-0.05, 0) is 55.0 Å². The van der Waals surface area contributed by atoms with Gasteiger partial charge < -0.3 is 16.2 Å². The van der Waals surface area contributed by atoms with Crippen molar-refractivity contribution in [3.63, 3.8) is 0 Å². The molecule has 1 aliphatic heterocycles. The first-order chi connectivity index (χ1) is 17.7. The van der Waals surface area contributed by atoms with Crippen LogP contribution in [0.3, 0.4) is 0 Å². The summed E-state index contributed by atoms with van der Waals surface area (Å²) in [6.45, 7) is 7.82. The molecule has 37 heavy (non-hydrogen) atoms. The molecule has 6 heteroatoms. The molecule has 2 aromatic rings. The number of hydrogen-bond donors (Lipinski definition) is 2. The number of pyridine rings is 1. The summed E-state index contributed by atoms with van der Waals surface area (Å²) in [5, 5.41) is 0. The number of esters is 1. The van der Waals surface area contributed by atoms with Gasteiger partial charge in [-0.1, -0.05) is 77.2 Å². The molecule has 4 atom stereocenters. The number of terminal acetylenes is 1. The number of benzene rings is 1. The van der Waals surface area contributed by atoms with Gasteiger partial charge in [0.15, 0.2) is 0 Å². The highest BCUT2D eigenvalue weighted by Crippen LogP contribution is 2.44. The number of aromatic nitrogens is 1. The molecule has 200 valence electrons. The maximum atomic E-state index is 13.5. The Hall–Kier alpha value is -3.01. The number of rotatable bonds is 6. The van der Waals surface area contributed by atoms with E-state index in [2.05, 4.69) is 17.8 Å². The van der Waals surface area contributed by atoms with Crippen LogP contribution in [0.25, 0.3) is 17.2 Å². The smallest absolute Gasteiger partial charge is 0.328 e. The van der Waals surface area contributed by atoms with Crippen molar-refractivity contribution in [2.24, 2.45) is 23.3 Å². The lowest BCUT2D eigenvalue weighted by atomic mass is 9.64. The quantitative estimate of drug-likeness (QED) is 0.363. The van der Waals surface area contributed by atoms with Crippen LogP contribution in [0.4, 0.5) is 4.39 Å². The van der Waals surface area contributed by atoms with Crippen molar-refractivity contribution in [1.29, 1.82) is 0 Å². The average Bonchev–Trinajstić information content (AvgIpc) is 3.10. The lowest BCUT2D eigenvalue weighted by molar-refractivity contribution is -0.145. The minimum absolute atomic E-state index is 0.211. The van der Waals surface area contributed by atoms with Gasteiger partial charge in [-0.3, -0.25) is 4.98 Å². The Morgan fingerprint density at radius 3 is 2.41 bits per heavy atom. The summed E-state index contributed by atoms with van der Waals surface area (Å²) in [6.07, 6.45) is 19.4. The van der Waals surface area contributed by atoms with Gasteiger partial charge in [-0.15, -0.1) is 12.8 Å². The Bertz CT molecular complexity index is 1060. The van der Waals surface area contributed by atoms with Gasteiger partial charge in [0.25, 0.3) is 0 Å². The van der Waals surface area contributed by atoms with E-state index in [9.17, 15) is 9.18 Å². The molecule has 5 nitrogen and oxygen atoms in total. The Kier molecular flexibility index (Phi) is 11.0. The van der Waals surface area contributed by atoms with Crippen molar-refractivity contribution in [2.45, 2.75) is 83.4 Å². The van der Waals surface area contributed by atoms with E-state index in [1.807, 2.05) is 58.0 Å². The maximum Gasteiger partial charge on any atom is 0.328 e. The molecule has 2 fully saturated rings. The van der Waals surface area contributed by atoms with Gasteiger partial charge in [0.2, 0.25) is 0 Å². The van der Waals surface area contributed by atoms with Crippen molar-refractivity contribution in [2.75, 3.05) is 0 Å². The third kappa shape index (κ3) is 6.47. The van der Waals surface area contributed by atoms with Gasteiger partial charge in [-0.2, -0.15) is 0 Å². The van der Waals surface area contributed by atoms with E-state index in [4.69, 9.17) is 16.2 Å². The molecular weight excluding hydrogens is 465 g/mol. The second-order valence-corrected chi connectivity index (χ2v) is 9.79. The number of nitrogens with zero attached hydrogens (tertiary/aromatic N) is 1. The zero-order valence-electron chi connectivity index (χ0n) is 22.6. The van der Waals surface area contributed by atoms with Crippen LogP contribution < -0.4 is 11.5 Å². The van der Waals surface area contributed by atoms with E-state index in [0.29, 0.717) is 12.3 Å². The summed E-state index contributed by atoms with van der Waals surface area (Å²) in [5.74, 6) is -0.477. The fourth-order valence-corrected chi connectivity index (χ4v) is 5.53. The van der Waals surface area contributed by atoms with Crippen LogP contribution in [0, 0.1) is 30.5 Å². The molecule has 0 amide bonds. The monoisotopic (exact) mass is 507 g/mol. The number of nitrogens with two attached hydrogens (primary N) is 2. The molecule has 0 unspecified atom stereocenters. The molecule has 0 radical (unpaired) electrons. The predicted octanol–water partition coefficient (Wildman–Crippen LogP) is 6.12. The summed E-state index contributed by atoms with van der Waals surface area (Å²) in [4.78, 5) is 17.4. The molecule has 1 aliphatic carbocycles. The lowest BCUT2D eigenvalue weighted by Crippen LogP contribution is -2.71. The number of halogens is 1. The summed E-state index contributed by atoms with van der Waals surface area (Å²) < 4.78 is 19.1. The van der Waals surface area contributed by atoms with Crippen LogP contribution in [0.2, 0.25) is 0 Å². The van der Waals surface area contributed by atoms with Crippen LogP contribution in [0.15, 0.2) is 48.7 Å². The van der Waals surface area contributed by atoms with Crippen molar-refractivity contribution in [3.05, 3.63) is 60.2 Å². The van der Waals surface area contributed by atoms with E-state index in [1.165, 1.54) is 31.4 Å². The molecule has 1 aromatic carbocycles. The van der Waals surface area contributed by atoms with Crippen molar-refractivity contribution in [3.8, 4) is 24.0 Å². The van der Waals surface area contributed by atoms with Crippen LogP contribution in [-0.2, 0) is 9.53 Å². The van der Waals surface area contributed by atoms with Crippen molar-refractivity contribution < 1.29 is 13.9 Å². The zero-order valence-corrected chi connectivity index (χ0v) is 22.6. The van der Waals surface area contributed by atoms with E-state index in [1.54, 1.807) is 12.3 Å². The Balaban J connectivity index is 0.00000115. The van der Waals surface area contributed by atoms with Gasteiger partial charge in [0.05, 0.1) is 11.2 Å². The molecule has 0 bridgehead atoms. The Morgan fingerprint density at radius 1 is 1.14 bits per heavy atom. The molecule has 1 aromatic heterocycles. The fourth-order valence-electron chi connectivity index (χ4n) is 5.53. The Labute approximate surface area is 221 Å². The van der Waals surface area contributed by atoms with Crippen LogP contribution in [-0.4, -0.2) is 28.1 Å². The molecule has 2 heterocycles. The largest absolute Gasteiger partial charge is 0.459 e. The highest BCUT2D eigenvalue weighted by atomic mass is 19.1. The first-order valence-corrected chi connectivity index (χ1v) is 13.3. The third-order valence-corrected chi connectivity index (χ3v) is 7.68. The van der Waals surface area contributed by atoms with Crippen molar-refractivity contribution in [1.82, 2.24) is 4.98 Å². The molecule has 1 saturated carbocycles. The highest BCUT2D eigenvalue weighted by Gasteiger charge is 2.64. The number of cyclic esters (lactones) is 1. The van der Waals surface area contributed by atoms with Crippen LogP contribution in [0.5, 0.6) is 0 Å². The standard InChI is InChI=1S/C27H34FN3O2.C2H6.C2H2/c1-18(11-13-24-14-12-22(17-31-24)21-9-6-10-23(28)15-21)27(30)19(2)33-25(32)26(27,29)16-20-7-4-3-5-8-20;2*1-2/h6,9-15,17-20H,3-5,7-8,16,29-30H2,1-2H3;1-2H3;1-2H/b13-11+;;/t18-,19-,26-,27+;;/m1../s1. The number of carbonyl (C=O) groups excluding carboxylic acids is 1. The Morgan fingerprint density at radius 2 is 1.81 bits per heavy atom. The summed E-state index contributed by atoms with van der Waals surface area (Å²) in [5.41, 5.74) is 13.9. The predicted molar refractivity (Wildman–Crippen MR) is 150 cm³/mol. The topological polar surface area (TPSA) is 91.2 Å². The first-order valence-electron chi connectivity index (χ1n) is 13.3. The summed E-state index contributed by atoms with van der Waals surface area (Å²) in [6, 6.07) is 10.2. The van der Waals surface area contributed by atoms with Gasteiger partial charge in [-0.25, -0.2) is 9.18 Å². The molecule has 1 saturated heterocycles. The van der Waals surface area contributed by atoms with Crippen molar-refractivity contribution >= 4 is 12.0 Å². The average molecular weight is 508 g/mol. The highest BCUT2D eigenvalue weighted by molar-refractivity contribution is 5.86.